The number of aryl methyl sites for hydroxylation is 1. The fourth-order valence-electron chi connectivity index (χ4n) is 2.46. The van der Waals surface area contributed by atoms with Gasteiger partial charge in [-0.1, -0.05) is 23.7 Å². The number of rotatable bonds is 4. The molecule has 6 nitrogen and oxygen atoms in total. The number of benzene rings is 1. The van der Waals surface area contributed by atoms with E-state index in [-0.39, 0.29) is 0 Å². The molecule has 124 valence electrons. The molecule has 2 heterocycles. The van der Waals surface area contributed by atoms with Crippen LogP contribution in [-0.4, -0.2) is 22.3 Å². The zero-order chi connectivity index (χ0) is 17.3. The van der Waals surface area contributed by atoms with Gasteiger partial charge in [0.15, 0.2) is 5.82 Å². The topological polar surface area (TPSA) is 86.0 Å². The molecule has 3 rings (SSSR count). The molecule has 0 spiro atoms. The van der Waals surface area contributed by atoms with E-state index in [4.69, 9.17) is 22.1 Å². The molecule has 8 heteroatoms. The highest BCUT2D eigenvalue weighted by atomic mass is 79.9. The number of anilines is 1. The average molecular weight is 409 g/mol. The molecule has 0 bridgehead atoms. The van der Waals surface area contributed by atoms with Crippen molar-refractivity contribution in [2.75, 3.05) is 12.4 Å². The van der Waals surface area contributed by atoms with Crippen molar-refractivity contribution in [2.45, 2.75) is 13.1 Å². The molecular weight excluding hydrogens is 394 g/mol. The summed E-state index contributed by atoms with van der Waals surface area (Å²) in [5.41, 5.74) is 7.88. The second-order valence-corrected chi connectivity index (χ2v) is 6.41. The van der Waals surface area contributed by atoms with Crippen LogP contribution in [0.2, 0.25) is 5.15 Å². The summed E-state index contributed by atoms with van der Waals surface area (Å²) < 4.78 is 6.25. The monoisotopic (exact) mass is 407 g/mol. The number of fused-ring (bicyclic) bond motifs is 1. The largest absolute Gasteiger partial charge is 0.495 e. The first kappa shape index (κ1) is 16.9. The third kappa shape index (κ3) is 3.15. The minimum Gasteiger partial charge on any atom is -0.495 e. The van der Waals surface area contributed by atoms with Gasteiger partial charge in [0.2, 0.25) is 0 Å². The predicted molar refractivity (Wildman–Crippen MR) is 98.3 cm³/mol. The number of aromatic nitrogens is 3. The lowest BCUT2D eigenvalue weighted by Crippen LogP contribution is -2.22. The van der Waals surface area contributed by atoms with E-state index in [9.17, 15) is 0 Å². The van der Waals surface area contributed by atoms with Gasteiger partial charge in [-0.15, -0.1) is 5.10 Å². The summed E-state index contributed by atoms with van der Waals surface area (Å²) in [7, 11) is 1.60. The highest BCUT2D eigenvalue weighted by molar-refractivity contribution is 9.10. The standard InChI is InChI=1S/C16H15BrClN5O/c1-8-11-7-20-13(18)6-10(11)16(23-22-8)21-15(19)9-4-3-5-12(17)14(9)24-2/h3-7,15H,19H2,1-2H3,(H,21,23)/t15-/m0/s1. The van der Waals surface area contributed by atoms with Crippen molar-refractivity contribution in [1.82, 2.24) is 15.2 Å². The molecule has 2 aromatic heterocycles. The van der Waals surface area contributed by atoms with Gasteiger partial charge in [-0.3, -0.25) is 0 Å². The fraction of sp³-hybridized carbons (Fsp3) is 0.188. The lowest BCUT2D eigenvalue weighted by atomic mass is 10.1. The molecule has 0 unspecified atom stereocenters. The highest BCUT2D eigenvalue weighted by Crippen LogP contribution is 2.33. The maximum Gasteiger partial charge on any atom is 0.158 e. The van der Waals surface area contributed by atoms with Crippen LogP contribution < -0.4 is 15.8 Å². The molecule has 0 amide bonds. The summed E-state index contributed by atoms with van der Waals surface area (Å²) in [4.78, 5) is 4.10. The van der Waals surface area contributed by atoms with E-state index in [2.05, 4.69) is 36.4 Å². The Bertz CT molecular complexity index is 905. The lowest BCUT2D eigenvalue weighted by Gasteiger charge is -2.19. The quantitative estimate of drug-likeness (QED) is 0.504. The van der Waals surface area contributed by atoms with Gasteiger partial charge in [0.25, 0.3) is 0 Å². The van der Waals surface area contributed by atoms with E-state index in [1.54, 1.807) is 19.4 Å². The fourth-order valence-corrected chi connectivity index (χ4v) is 3.17. The van der Waals surface area contributed by atoms with E-state index >= 15 is 0 Å². The second-order valence-electron chi connectivity index (χ2n) is 5.17. The molecule has 3 aromatic rings. The number of nitrogens with one attached hydrogen (secondary N) is 1. The van der Waals surface area contributed by atoms with E-state index in [1.165, 1.54) is 0 Å². The summed E-state index contributed by atoms with van der Waals surface area (Å²) in [6.07, 6.45) is 1.14. The van der Waals surface area contributed by atoms with E-state index in [1.807, 2.05) is 25.1 Å². The van der Waals surface area contributed by atoms with Gasteiger partial charge in [0.05, 0.1) is 17.3 Å². The van der Waals surface area contributed by atoms with Crippen LogP contribution in [0.25, 0.3) is 10.8 Å². The molecular formula is C16H15BrClN5O. The van der Waals surface area contributed by atoms with Crippen molar-refractivity contribution in [2.24, 2.45) is 5.73 Å². The molecule has 0 aliphatic heterocycles. The van der Waals surface area contributed by atoms with Crippen molar-refractivity contribution in [3.8, 4) is 5.75 Å². The summed E-state index contributed by atoms with van der Waals surface area (Å²) in [6.45, 7) is 1.87. The number of halogens is 2. The average Bonchev–Trinajstić information content (AvgIpc) is 2.57. The van der Waals surface area contributed by atoms with E-state index < -0.39 is 6.17 Å². The smallest absolute Gasteiger partial charge is 0.158 e. The van der Waals surface area contributed by atoms with Crippen molar-refractivity contribution >= 4 is 44.1 Å². The number of pyridine rings is 1. The Hall–Kier alpha value is -1.96. The Morgan fingerprint density at radius 3 is 2.83 bits per heavy atom. The summed E-state index contributed by atoms with van der Waals surface area (Å²) in [6, 6.07) is 7.41. The van der Waals surface area contributed by atoms with Crippen molar-refractivity contribution in [1.29, 1.82) is 0 Å². The number of nitrogens with zero attached hydrogens (tertiary/aromatic N) is 3. The van der Waals surface area contributed by atoms with Crippen molar-refractivity contribution in [3.63, 3.8) is 0 Å². The molecule has 0 fully saturated rings. The minimum absolute atomic E-state index is 0.381. The first-order chi connectivity index (χ1) is 11.5. The van der Waals surface area contributed by atoms with Crippen LogP contribution >= 0.6 is 27.5 Å². The molecule has 0 radical (unpaired) electrons. The Balaban J connectivity index is 2.03. The molecule has 0 aliphatic carbocycles. The van der Waals surface area contributed by atoms with Crippen molar-refractivity contribution < 1.29 is 4.74 Å². The predicted octanol–water partition coefficient (Wildman–Crippen LogP) is 3.83. The van der Waals surface area contributed by atoms with Crippen LogP contribution in [0.4, 0.5) is 5.82 Å². The van der Waals surface area contributed by atoms with Crippen LogP contribution in [0.15, 0.2) is 34.9 Å². The lowest BCUT2D eigenvalue weighted by molar-refractivity contribution is 0.404. The van der Waals surface area contributed by atoms with Gasteiger partial charge >= 0.3 is 0 Å². The number of hydrogen-bond acceptors (Lipinski definition) is 6. The maximum absolute atomic E-state index is 6.31. The van der Waals surface area contributed by atoms with Gasteiger partial charge < -0.3 is 15.8 Å². The Kier molecular flexibility index (Phi) is 4.84. The van der Waals surface area contributed by atoms with Crippen LogP contribution in [-0.2, 0) is 0 Å². The van der Waals surface area contributed by atoms with Crippen molar-refractivity contribution in [3.05, 3.63) is 51.3 Å². The third-order valence-electron chi connectivity index (χ3n) is 3.64. The molecule has 0 saturated carbocycles. The number of nitrogens with two attached hydrogens (primary N) is 1. The molecule has 0 aliphatic rings. The number of para-hydroxylation sites is 1. The second kappa shape index (κ2) is 6.88. The van der Waals surface area contributed by atoms with Gasteiger partial charge in [0, 0.05) is 22.5 Å². The molecule has 0 saturated heterocycles. The zero-order valence-corrected chi connectivity index (χ0v) is 15.4. The summed E-state index contributed by atoms with van der Waals surface area (Å²) >= 11 is 9.48. The zero-order valence-electron chi connectivity index (χ0n) is 13.0. The van der Waals surface area contributed by atoms with Crippen LogP contribution in [0, 0.1) is 6.92 Å². The third-order valence-corrected chi connectivity index (χ3v) is 4.48. The first-order valence-corrected chi connectivity index (χ1v) is 8.31. The van der Waals surface area contributed by atoms with Crippen LogP contribution in [0.5, 0.6) is 5.75 Å². The van der Waals surface area contributed by atoms with Crippen LogP contribution in [0.3, 0.4) is 0 Å². The molecule has 1 aromatic carbocycles. The van der Waals surface area contributed by atoms with E-state index in [0.717, 1.165) is 26.5 Å². The van der Waals surface area contributed by atoms with Gasteiger partial charge in [0.1, 0.15) is 17.1 Å². The number of ether oxygens (including phenoxy) is 1. The maximum atomic E-state index is 6.31. The first-order valence-electron chi connectivity index (χ1n) is 7.14. The molecule has 1 atom stereocenters. The Labute approximate surface area is 152 Å². The number of methoxy groups -OCH3 is 1. The van der Waals surface area contributed by atoms with Gasteiger partial charge in [-0.05, 0) is 35.0 Å². The summed E-state index contributed by atoms with van der Waals surface area (Å²) in [5, 5.41) is 13.6. The van der Waals surface area contributed by atoms with Gasteiger partial charge in [-0.25, -0.2) is 4.98 Å². The number of hydrogen-bond donors (Lipinski definition) is 2. The Morgan fingerprint density at radius 1 is 1.29 bits per heavy atom. The summed E-state index contributed by atoms with van der Waals surface area (Å²) in [5.74, 6) is 1.20. The normalized spacial score (nSPS) is 12.2. The molecule has 3 N–H and O–H groups in total. The SMILES string of the molecule is COc1c(Br)cccc1[C@@H](N)Nc1nnc(C)c2cnc(Cl)cc12. The van der Waals surface area contributed by atoms with Gasteiger partial charge in [-0.2, -0.15) is 5.10 Å². The minimum atomic E-state index is -0.537. The van der Waals surface area contributed by atoms with Crippen LogP contribution in [0.1, 0.15) is 17.4 Å². The Morgan fingerprint density at radius 2 is 2.08 bits per heavy atom. The molecule has 24 heavy (non-hydrogen) atoms. The van der Waals surface area contributed by atoms with E-state index in [0.29, 0.717) is 16.7 Å². The highest BCUT2D eigenvalue weighted by Gasteiger charge is 2.17.